The summed E-state index contributed by atoms with van der Waals surface area (Å²) in [5.74, 6) is 0. The molecule has 0 unspecified atom stereocenters. The summed E-state index contributed by atoms with van der Waals surface area (Å²) in [6.45, 7) is 7.27. The third-order valence-corrected chi connectivity index (χ3v) is 6.38. The van der Waals surface area contributed by atoms with Crippen molar-refractivity contribution in [3.8, 4) is 0 Å². The van der Waals surface area contributed by atoms with Gasteiger partial charge in [0.1, 0.15) is 21.4 Å². The zero-order chi connectivity index (χ0) is 18.6. The van der Waals surface area contributed by atoms with Crippen LogP contribution in [-0.4, -0.2) is 19.2 Å². The Morgan fingerprint density at radius 3 is 2.28 bits per heavy atom. The predicted octanol–water partition coefficient (Wildman–Crippen LogP) is 4.14. The smallest absolute Gasteiger partial charge is 0.235 e. The van der Waals surface area contributed by atoms with Crippen molar-refractivity contribution >= 4 is 43.4 Å². The van der Waals surface area contributed by atoms with Crippen molar-refractivity contribution in [2.24, 2.45) is 0 Å². The van der Waals surface area contributed by atoms with Gasteiger partial charge < -0.3 is 4.55 Å². The van der Waals surface area contributed by atoms with E-state index in [9.17, 15) is 13.0 Å². The lowest BCUT2D eigenvalue weighted by Crippen LogP contribution is -2.33. The van der Waals surface area contributed by atoms with E-state index in [-0.39, 0.29) is 4.90 Å². The van der Waals surface area contributed by atoms with Crippen molar-refractivity contribution in [1.82, 2.24) is 0 Å². The Kier molecular flexibility index (Phi) is 6.62. The van der Waals surface area contributed by atoms with Crippen molar-refractivity contribution in [2.45, 2.75) is 37.1 Å². The highest BCUT2D eigenvalue weighted by atomic mass is 32.2. The summed E-state index contributed by atoms with van der Waals surface area (Å²) in [5.41, 5.74) is 2.30. The van der Waals surface area contributed by atoms with Gasteiger partial charge in [0.15, 0.2) is 0 Å². The van der Waals surface area contributed by atoms with Crippen LogP contribution in [0, 0.1) is 13.8 Å². The number of thioether (sulfide) groups is 1. The Labute approximate surface area is 157 Å². The van der Waals surface area contributed by atoms with Gasteiger partial charge >= 0.3 is 0 Å². The van der Waals surface area contributed by atoms with E-state index in [4.69, 9.17) is 0 Å². The Hall–Kier alpha value is -1.41. The van der Waals surface area contributed by atoms with Gasteiger partial charge in [0.05, 0.1) is 4.90 Å². The molecule has 0 aliphatic rings. The van der Waals surface area contributed by atoms with Crippen molar-refractivity contribution < 1.29 is 17.5 Å². The molecule has 0 radical (unpaired) electrons. The van der Waals surface area contributed by atoms with Gasteiger partial charge in [-0.15, -0.1) is 11.8 Å². The predicted molar refractivity (Wildman–Crippen MR) is 103 cm³/mol. The zero-order valence-corrected chi connectivity index (χ0v) is 17.1. The van der Waals surface area contributed by atoms with Gasteiger partial charge in [0.25, 0.3) is 0 Å². The van der Waals surface area contributed by atoms with E-state index >= 15 is 0 Å². The van der Waals surface area contributed by atoms with Gasteiger partial charge in [0, 0.05) is 17.9 Å². The average molecular weight is 396 g/mol. The molecule has 25 heavy (non-hydrogen) atoms. The number of aromatic nitrogens is 1. The van der Waals surface area contributed by atoms with Crippen LogP contribution < -0.4 is 4.57 Å². The van der Waals surface area contributed by atoms with Crippen molar-refractivity contribution in [3.05, 3.63) is 53.0 Å². The number of fused-ring (bicyclic) bond motifs is 1. The van der Waals surface area contributed by atoms with E-state index in [0.717, 1.165) is 12.1 Å². The molecule has 3 aromatic rings. The minimum Gasteiger partial charge on any atom is -0.744 e. The van der Waals surface area contributed by atoms with Gasteiger partial charge in [-0.25, -0.2) is 8.42 Å². The summed E-state index contributed by atoms with van der Waals surface area (Å²) >= 11 is 3.68. The molecule has 0 fully saturated rings. The van der Waals surface area contributed by atoms with E-state index in [1.165, 1.54) is 32.3 Å². The standard InChI is InChI=1S/C11H14NS2.C7H8O3S/c1-4-12-8(2)14-11-6-5-9(13-3)7-10(11)12;1-6-2-4-7(5-3-6)11(8,9)10/h5-7H,4H2,1-3H3;2-5H,1H3,(H,8,9,10)/q+1;/p-1. The molecule has 0 spiro atoms. The molecule has 1 heterocycles. The number of benzene rings is 2. The molecule has 7 heteroatoms. The molecular weight excluding hydrogens is 374 g/mol. The van der Waals surface area contributed by atoms with Gasteiger partial charge in [-0.3, -0.25) is 0 Å². The molecule has 0 N–H and O–H groups in total. The summed E-state index contributed by atoms with van der Waals surface area (Å²) in [6.07, 6.45) is 2.12. The molecule has 0 aliphatic heterocycles. The second-order valence-corrected chi connectivity index (χ2v) is 8.96. The van der Waals surface area contributed by atoms with Crippen LogP contribution in [0.3, 0.4) is 0 Å². The SMILES string of the molecule is CC[n+]1c(C)sc2ccc(SC)cc21.Cc1ccc(S(=O)(=O)[O-])cc1. The summed E-state index contributed by atoms with van der Waals surface area (Å²) in [7, 11) is -4.27. The van der Waals surface area contributed by atoms with Crippen LogP contribution in [-0.2, 0) is 16.7 Å². The Morgan fingerprint density at radius 1 is 1.12 bits per heavy atom. The molecule has 0 saturated carbocycles. The summed E-state index contributed by atoms with van der Waals surface area (Å²) < 4.78 is 34.9. The number of hydrogen-bond acceptors (Lipinski definition) is 5. The Morgan fingerprint density at radius 2 is 1.76 bits per heavy atom. The van der Waals surface area contributed by atoms with Crippen LogP contribution in [0.15, 0.2) is 52.3 Å². The highest BCUT2D eigenvalue weighted by Gasteiger charge is 2.15. The van der Waals surface area contributed by atoms with E-state index in [1.807, 2.05) is 18.3 Å². The number of hydrogen-bond donors (Lipinski definition) is 0. The normalized spacial score (nSPS) is 11.2. The summed E-state index contributed by atoms with van der Waals surface area (Å²) in [5, 5.41) is 1.39. The fraction of sp³-hybridized carbons (Fsp3) is 0.278. The Bertz CT molecular complexity index is 961. The molecule has 0 bridgehead atoms. The molecule has 0 aliphatic carbocycles. The van der Waals surface area contributed by atoms with E-state index < -0.39 is 10.1 Å². The van der Waals surface area contributed by atoms with Crippen LogP contribution in [0.5, 0.6) is 0 Å². The molecular formula is C18H21NO3S3. The van der Waals surface area contributed by atoms with Crippen LogP contribution >= 0.6 is 23.1 Å². The summed E-state index contributed by atoms with van der Waals surface area (Å²) in [6, 6.07) is 12.5. The van der Waals surface area contributed by atoms with Crippen LogP contribution in [0.1, 0.15) is 17.5 Å². The van der Waals surface area contributed by atoms with Gasteiger partial charge in [0.2, 0.25) is 10.5 Å². The lowest BCUT2D eigenvalue weighted by molar-refractivity contribution is -0.669. The fourth-order valence-corrected chi connectivity index (χ4v) is 4.37. The van der Waals surface area contributed by atoms with Crippen molar-refractivity contribution in [1.29, 1.82) is 0 Å². The minimum absolute atomic E-state index is 0.178. The lowest BCUT2D eigenvalue weighted by Gasteiger charge is -2.05. The molecule has 2 aromatic carbocycles. The topological polar surface area (TPSA) is 61.1 Å². The number of aryl methyl sites for hydroxylation is 3. The molecule has 4 nitrogen and oxygen atoms in total. The van der Waals surface area contributed by atoms with Crippen LogP contribution in [0.4, 0.5) is 0 Å². The molecule has 0 saturated heterocycles. The summed E-state index contributed by atoms with van der Waals surface area (Å²) in [4.78, 5) is 1.17. The second kappa shape index (κ2) is 8.31. The van der Waals surface area contributed by atoms with E-state index in [2.05, 4.69) is 42.9 Å². The maximum absolute atomic E-state index is 10.4. The van der Waals surface area contributed by atoms with E-state index in [0.29, 0.717) is 0 Å². The molecule has 0 atom stereocenters. The van der Waals surface area contributed by atoms with Gasteiger partial charge in [-0.05, 0) is 44.4 Å². The van der Waals surface area contributed by atoms with Crippen LogP contribution in [0.2, 0.25) is 0 Å². The molecule has 3 rings (SSSR count). The van der Waals surface area contributed by atoms with Crippen molar-refractivity contribution in [2.75, 3.05) is 6.26 Å². The second-order valence-electron chi connectivity index (χ2n) is 5.47. The molecule has 0 amide bonds. The third kappa shape index (κ3) is 5.04. The largest absolute Gasteiger partial charge is 0.744 e. The number of nitrogens with zero attached hydrogens (tertiary/aromatic N) is 1. The zero-order valence-electron chi connectivity index (χ0n) is 14.6. The maximum Gasteiger partial charge on any atom is 0.235 e. The molecule has 1 aromatic heterocycles. The monoisotopic (exact) mass is 395 g/mol. The first-order valence-corrected chi connectivity index (χ1v) is 11.2. The third-order valence-electron chi connectivity index (χ3n) is 3.72. The quantitative estimate of drug-likeness (QED) is 0.380. The average Bonchev–Trinajstić information content (AvgIpc) is 2.89. The first-order valence-electron chi connectivity index (χ1n) is 7.75. The fourth-order valence-electron chi connectivity index (χ4n) is 2.40. The van der Waals surface area contributed by atoms with Gasteiger partial charge in [-0.1, -0.05) is 29.0 Å². The van der Waals surface area contributed by atoms with Crippen LogP contribution in [0.25, 0.3) is 10.2 Å². The minimum atomic E-state index is -4.27. The van der Waals surface area contributed by atoms with E-state index in [1.54, 1.807) is 23.9 Å². The van der Waals surface area contributed by atoms with Gasteiger partial charge in [-0.2, -0.15) is 4.57 Å². The lowest BCUT2D eigenvalue weighted by atomic mass is 10.2. The highest BCUT2D eigenvalue weighted by Crippen LogP contribution is 2.24. The maximum atomic E-state index is 10.4. The molecule has 134 valence electrons. The Balaban J connectivity index is 0.000000186. The first-order chi connectivity index (χ1) is 11.8. The number of thiazole rings is 1. The highest BCUT2D eigenvalue weighted by molar-refractivity contribution is 7.98. The first kappa shape index (κ1) is 19.9. The van der Waals surface area contributed by atoms with Crippen molar-refractivity contribution in [3.63, 3.8) is 0 Å². The number of rotatable bonds is 3.